The monoisotopic (exact) mass is 311 g/mol. The zero-order chi connectivity index (χ0) is 16.6. The van der Waals surface area contributed by atoms with E-state index in [9.17, 15) is 4.79 Å². The fourth-order valence-corrected chi connectivity index (χ4v) is 2.68. The average molecular weight is 311 g/mol. The number of hydrogen-bond donors (Lipinski definition) is 2. The van der Waals surface area contributed by atoms with Gasteiger partial charge < -0.3 is 5.32 Å². The number of nitrogens with one attached hydrogen (secondary N) is 2. The van der Waals surface area contributed by atoms with E-state index in [1.54, 1.807) is 0 Å². The van der Waals surface area contributed by atoms with E-state index in [1.165, 1.54) is 5.56 Å². The van der Waals surface area contributed by atoms with Crippen LogP contribution in [-0.2, 0) is 16.6 Å². The third-order valence-corrected chi connectivity index (χ3v) is 4.42. The molecule has 4 nitrogen and oxygen atoms in total. The van der Waals surface area contributed by atoms with E-state index in [0.29, 0.717) is 0 Å². The van der Waals surface area contributed by atoms with Gasteiger partial charge in [0.05, 0.1) is 11.4 Å². The van der Waals surface area contributed by atoms with Crippen molar-refractivity contribution >= 4 is 11.6 Å². The SMILES string of the molecule is CCc1[nH]nc(-c2ccc(C(C)(C)C)cc2)c1NC(=O)C1CC1. The highest BCUT2D eigenvalue weighted by Gasteiger charge is 2.31. The maximum atomic E-state index is 12.2. The number of nitrogens with zero attached hydrogens (tertiary/aromatic N) is 1. The molecule has 2 N–H and O–H groups in total. The van der Waals surface area contributed by atoms with Gasteiger partial charge in [-0.1, -0.05) is 52.0 Å². The molecule has 1 saturated carbocycles. The van der Waals surface area contributed by atoms with Crippen molar-refractivity contribution in [1.82, 2.24) is 10.2 Å². The van der Waals surface area contributed by atoms with Crippen molar-refractivity contribution in [3.05, 3.63) is 35.5 Å². The number of aromatic nitrogens is 2. The summed E-state index contributed by atoms with van der Waals surface area (Å²) in [5.74, 6) is 0.305. The van der Waals surface area contributed by atoms with E-state index >= 15 is 0 Å². The molecule has 1 aliphatic carbocycles. The predicted octanol–water partition coefficient (Wildman–Crippen LogP) is 4.29. The summed E-state index contributed by atoms with van der Waals surface area (Å²) < 4.78 is 0. The second-order valence-electron chi connectivity index (χ2n) is 7.37. The van der Waals surface area contributed by atoms with Crippen LogP contribution < -0.4 is 5.32 Å². The Morgan fingerprint density at radius 1 is 1.26 bits per heavy atom. The Balaban J connectivity index is 1.92. The number of aryl methyl sites for hydroxylation is 1. The van der Waals surface area contributed by atoms with Crippen molar-refractivity contribution in [2.45, 2.75) is 52.4 Å². The number of carbonyl (C=O) groups excluding carboxylic acids is 1. The molecule has 0 atom stereocenters. The molecule has 1 aromatic heterocycles. The topological polar surface area (TPSA) is 57.8 Å². The first-order chi connectivity index (χ1) is 10.9. The van der Waals surface area contributed by atoms with Gasteiger partial charge in [0, 0.05) is 11.5 Å². The number of benzene rings is 1. The minimum Gasteiger partial charge on any atom is -0.322 e. The fraction of sp³-hybridized carbons (Fsp3) is 0.474. The fourth-order valence-electron chi connectivity index (χ4n) is 2.68. The van der Waals surface area contributed by atoms with Gasteiger partial charge >= 0.3 is 0 Å². The van der Waals surface area contributed by atoms with Crippen molar-refractivity contribution < 1.29 is 4.79 Å². The zero-order valence-electron chi connectivity index (χ0n) is 14.4. The largest absolute Gasteiger partial charge is 0.322 e. The molecule has 0 bridgehead atoms. The maximum absolute atomic E-state index is 12.2. The molecule has 1 fully saturated rings. The van der Waals surface area contributed by atoms with Crippen molar-refractivity contribution in [2.24, 2.45) is 5.92 Å². The van der Waals surface area contributed by atoms with Crippen LogP contribution in [0, 0.1) is 5.92 Å². The number of hydrogen-bond acceptors (Lipinski definition) is 2. The van der Waals surface area contributed by atoms with Crippen LogP contribution in [0.2, 0.25) is 0 Å². The summed E-state index contributed by atoms with van der Waals surface area (Å²) in [6.45, 7) is 8.67. The molecule has 0 saturated heterocycles. The molecule has 0 spiro atoms. The van der Waals surface area contributed by atoms with Gasteiger partial charge in [0.1, 0.15) is 5.69 Å². The van der Waals surface area contributed by atoms with Crippen LogP contribution in [0.1, 0.15) is 51.8 Å². The molecule has 1 aromatic carbocycles. The second-order valence-corrected chi connectivity index (χ2v) is 7.37. The van der Waals surface area contributed by atoms with Gasteiger partial charge in [-0.2, -0.15) is 5.10 Å². The Morgan fingerprint density at radius 2 is 1.91 bits per heavy atom. The molecule has 23 heavy (non-hydrogen) atoms. The van der Waals surface area contributed by atoms with E-state index < -0.39 is 0 Å². The molecule has 1 aliphatic rings. The molecule has 3 rings (SSSR count). The molecule has 0 aliphatic heterocycles. The first-order valence-corrected chi connectivity index (χ1v) is 8.39. The van der Waals surface area contributed by atoms with Crippen molar-refractivity contribution in [1.29, 1.82) is 0 Å². The quantitative estimate of drug-likeness (QED) is 0.885. The molecule has 1 heterocycles. The first kappa shape index (κ1) is 15.8. The lowest BCUT2D eigenvalue weighted by atomic mass is 9.86. The lowest BCUT2D eigenvalue weighted by molar-refractivity contribution is -0.117. The van der Waals surface area contributed by atoms with E-state index in [1.807, 2.05) is 0 Å². The second kappa shape index (κ2) is 5.84. The van der Waals surface area contributed by atoms with Gasteiger partial charge in [-0.15, -0.1) is 0 Å². The van der Waals surface area contributed by atoms with Gasteiger partial charge in [-0.3, -0.25) is 9.89 Å². The maximum Gasteiger partial charge on any atom is 0.227 e. The lowest BCUT2D eigenvalue weighted by Crippen LogP contribution is -2.14. The van der Waals surface area contributed by atoms with Crippen LogP contribution in [0.25, 0.3) is 11.3 Å². The van der Waals surface area contributed by atoms with Crippen LogP contribution in [0.15, 0.2) is 24.3 Å². The third-order valence-electron chi connectivity index (χ3n) is 4.42. The highest BCUT2D eigenvalue weighted by molar-refractivity contribution is 5.98. The summed E-state index contributed by atoms with van der Waals surface area (Å²) >= 11 is 0. The Bertz CT molecular complexity index is 703. The Labute approximate surface area is 137 Å². The van der Waals surface area contributed by atoms with Crippen LogP contribution in [0.4, 0.5) is 5.69 Å². The average Bonchev–Trinajstić information content (AvgIpc) is 3.29. The molecular weight excluding hydrogens is 286 g/mol. The molecule has 2 aromatic rings. The molecular formula is C19H25N3O. The van der Waals surface area contributed by atoms with Crippen molar-refractivity contribution in [2.75, 3.05) is 5.32 Å². The minimum absolute atomic E-state index is 0.119. The van der Waals surface area contributed by atoms with E-state index in [4.69, 9.17) is 0 Å². The Morgan fingerprint density at radius 3 is 2.43 bits per heavy atom. The van der Waals surface area contributed by atoms with E-state index in [-0.39, 0.29) is 17.2 Å². The number of amides is 1. The normalized spacial score (nSPS) is 14.8. The van der Waals surface area contributed by atoms with Crippen LogP contribution in [-0.4, -0.2) is 16.1 Å². The van der Waals surface area contributed by atoms with Gasteiger partial charge in [0.25, 0.3) is 0 Å². The minimum atomic E-state index is 0.119. The summed E-state index contributed by atoms with van der Waals surface area (Å²) in [4.78, 5) is 12.2. The lowest BCUT2D eigenvalue weighted by Gasteiger charge is -2.19. The van der Waals surface area contributed by atoms with Gasteiger partial charge in [-0.05, 0) is 30.2 Å². The smallest absolute Gasteiger partial charge is 0.227 e. The summed E-state index contributed by atoms with van der Waals surface area (Å²) in [7, 11) is 0. The predicted molar refractivity (Wildman–Crippen MR) is 93.5 cm³/mol. The summed E-state index contributed by atoms with van der Waals surface area (Å²) in [5, 5.41) is 10.6. The van der Waals surface area contributed by atoms with Crippen LogP contribution in [0.3, 0.4) is 0 Å². The number of H-pyrrole nitrogens is 1. The summed E-state index contributed by atoms with van der Waals surface area (Å²) in [5.41, 5.74) is 5.09. The number of carbonyl (C=O) groups is 1. The Kier molecular flexibility index (Phi) is 4.00. The molecule has 0 radical (unpaired) electrons. The number of aromatic amines is 1. The van der Waals surface area contributed by atoms with Gasteiger partial charge in [0.15, 0.2) is 0 Å². The number of rotatable bonds is 4. The van der Waals surface area contributed by atoms with Gasteiger partial charge in [-0.25, -0.2) is 0 Å². The molecule has 0 unspecified atom stereocenters. The zero-order valence-corrected chi connectivity index (χ0v) is 14.4. The summed E-state index contributed by atoms with van der Waals surface area (Å²) in [6.07, 6.45) is 2.81. The highest BCUT2D eigenvalue weighted by Crippen LogP contribution is 2.34. The molecule has 1 amide bonds. The first-order valence-electron chi connectivity index (χ1n) is 8.39. The van der Waals surface area contributed by atoms with Crippen molar-refractivity contribution in [3.63, 3.8) is 0 Å². The summed E-state index contributed by atoms with van der Waals surface area (Å²) in [6, 6.07) is 8.45. The molecule has 122 valence electrons. The van der Waals surface area contributed by atoms with Crippen LogP contribution >= 0.6 is 0 Å². The number of anilines is 1. The van der Waals surface area contributed by atoms with Crippen molar-refractivity contribution in [3.8, 4) is 11.3 Å². The highest BCUT2D eigenvalue weighted by atomic mass is 16.2. The Hall–Kier alpha value is -2.10. The van der Waals surface area contributed by atoms with E-state index in [2.05, 4.69) is 67.5 Å². The van der Waals surface area contributed by atoms with E-state index in [0.717, 1.165) is 41.9 Å². The standard InChI is InChI=1S/C19H25N3O/c1-5-15-17(20-18(23)13-6-7-13)16(22-21-15)12-8-10-14(11-9-12)19(2,3)4/h8-11,13H,5-7H2,1-4H3,(H,20,23)(H,21,22). The van der Waals surface area contributed by atoms with Gasteiger partial charge in [0.2, 0.25) is 5.91 Å². The molecule has 4 heteroatoms. The van der Waals surface area contributed by atoms with Crippen LogP contribution in [0.5, 0.6) is 0 Å². The third kappa shape index (κ3) is 3.31.